The van der Waals surface area contributed by atoms with Gasteiger partial charge >= 0.3 is 0 Å². The van der Waals surface area contributed by atoms with Gasteiger partial charge in [0.15, 0.2) is 5.78 Å². The summed E-state index contributed by atoms with van der Waals surface area (Å²) < 4.78 is 0.955. The molecule has 0 aliphatic carbocycles. The van der Waals surface area contributed by atoms with Crippen LogP contribution in [0, 0.1) is 0 Å². The fraction of sp³-hybridized carbons (Fsp3) is 0.278. The molecular formula is C18H18BrNO. The van der Waals surface area contributed by atoms with Crippen LogP contribution in [-0.4, -0.2) is 30.3 Å². The second-order valence-corrected chi connectivity index (χ2v) is 6.39. The van der Waals surface area contributed by atoms with Gasteiger partial charge in [-0.3, -0.25) is 9.69 Å². The molecule has 1 aliphatic heterocycles. The molecule has 0 radical (unpaired) electrons. The average Bonchev–Trinajstić information content (AvgIpc) is 2.70. The molecule has 3 rings (SSSR count). The minimum absolute atomic E-state index is 0.197. The van der Waals surface area contributed by atoms with E-state index in [0.29, 0.717) is 6.54 Å². The largest absolute Gasteiger partial charge is 0.295 e. The van der Waals surface area contributed by atoms with Gasteiger partial charge < -0.3 is 0 Å². The highest BCUT2D eigenvalue weighted by Gasteiger charge is 2.16. The van der Waals surface area contributed by atoms with Crippen LogP contribution in [0.5, 0.6) is 0 Å². The Kier molecular flexibility index (Phi) is 4.51. The fourth-order valence-corrected chi connectivity index (χ4v) is 3.23. The lowest BCUT2D eigenvalue weighted by atomic mass is 10.0. The zero-order valence-electron chi connectivity index (χ0n) is 11.9. The molecule has 1 heterocycles. The van der Waals surface area contributed by atoms with Crippen molar-refractivity contribution in [3.05, 3.63) is 69.7 Å². The molecule has 0 spiro atoms. The molecule has 0 unspecified atom stereocenters. The van der Waals surface area contributed by atoms with E-state index in [1.165, 1.54) is 11.1 Å². The first kappa shape index (κ1) is 14.5. The van der Waals surface area contributed by atoms with Gasteiger partial charge in [0, 0.05) is 23.1 Å². The Morgan fingerprint density at radius 2 is 1.67 bits per heavy atom. The van der Waals surface area contributed by atoms with Gasteiger partial charge in [0.25, 0.3) is 0 Å². The van der Waals surface area contributed by atoms with E-state index in [9.17, 15) is 4.79 Å². The van der Waals surface area contributed by atoms with Gasteiger partial charge in [0.2, 0.25) is 0 Å². The fourth-order valence-electron chi connectivity index (χ4n) is 2.83. The number of benzene rings is 2. The van der Waals surface area contributed by atoms with E-state index in [1.807, 2.05) is 24.3 Å². The third-order valence-corrected chi connectivity index (χ3v) is 4.52. The molecule has 108 valence electrons. The Bertz CT molecular complexity index is 626. The molecule has 2 nitrogen and oxygen atoms in total. The Morgan fingerprint density at radius 3 is 2.29 bits per heavy atom. The van der Waals surface area contributed by atoms with E-state index in [4.69, 9.17) is 0 Å². The summed E-state index contributed by atoms with van der Waals surface area (Å²) in [4.78, 5) is 14.7. The average molecular weight is 344 g/mol. The molecule has 0 bridgehead atoms. The van der Waals surface area contributed by atoms with Crippen molar-refractivity contribution in [2.24, 2.45) is 0 Å². The van der Waals surface area contributed by atoms with Crippen molar-refractivity contribution in [2.45, 2.75) is 12.8 Å². The lowest BCUT2D eigenvalue weighted by Gasteiger charge is -2.18. The summed E-state index contributed by atoms with van der Waals surface area (Å²) in [5.41, 5.74) is 3.64. The topological polar surface area (TPSA) is 20.3 Å². The smallest absolute Gasteiger partial charge is 0.176 e. The Morgan fingerprint density at radius 1 is 1.00 bits per heavy atom. The van der Waals surface area contributed by atoms with Crippen molar-refractivity contribution in [3.63, 3.8) is 0 Å². The minimum atomic E-state index is 0.197. The summed E-state index contributed by atoms with van der Waals surface area (Å²) in [6, 6.07) is 16.2. The number of rotatable bonds is 3. The van der Waals surface area contributed by atoms with Crippen molar-refractivity contribution >= 4 is 21.7 Å². The third-order valence-electron chi connectivity index (χ3n) is 4.03. The normalized spacial score (nSPS) is 15.3. The van der Waals surface area contributed by atoms with Crippen LogP contribution in [-0.2, 0) is 12.8 Å². The monoisotopic (exact) mass is 343 g/mol. The first-order valence-corrected chi connectivity index (χ1v) is 8.09. The van der Waals surface area contributed by atoms with Gasteiger partial charge in [0.05, 0.1) is 6.54 Å². The molecule has 0 fully saturated rings. The molecule has 1 aliphatic rings. The number of fused-ring (bicyclic) bond motifs is 1. The number of hydrogen-bond acceptors (Lipinski definition) is 2. The highest BCUT2D eigenvalue weighted by atomic mass is 79.9. The van der Waals surface area contributed by atoms with Gasteiger partial charge in [-0.2, -0.15) is 0 Å². The van der Waals surface area contributed by atoms with E-state index < -0.39 is 0 Å². The predicted molar refractivity (Wildman–Crippen MR) is 88.8 cm³/mol. The summed E-state index contributed by atoms with van der Waals surface area (Å²) in [6.45, 7) is 2.41. The molecule has 0 saturated carbocycles. The first-order valence-electron chi connectivity index (χ1n) is 7.30. The number of halogens is 1. The second-order valence-electron chi connectivity index (χ2n) is 5.48. The molecule has 2 aromatic carbocycles. The number of carbonyl (C=O) groups excluding carboxylic acids is 1. The zero-order chi connectivity index (χ0) is 14.7. The van der Waals surface area contributed by atoms with Gasteiger partial charge in [-0.15, -0.1) is 0 Å². The molecule has 21 heavy (non-hydrogen) atoms. The van der Waals surface area contributed by atoms with E-state index in [2.05, 4.69) is 45.1 Å². The first-order chi connectivity index (χ1) is 10.2. The van der Waals surface area contributed by atoms with Crippen molar-refractivity contribution < 1.29 is 4.79 Å². The summed E-state index contributed by atoms with van der Waals surface area (Å²) in [5.74, 6) is 0.197. The van der Waals surface area contributed by atoms with Crippen molar-refractivity contribution in [1.82, 2.24) is 4.90 Å². The minimum Gasteiger partial charge on any atom is -0.295 e. The Balaban J connectivity index is 1.66. The number of nitrogens with zero attached hydrogens (tertiary/aromatic N) is 1. The number of carbonyl (C=O) groups is 1. The number of Topliss-reactive ketones (excluding diaryl/α,β-unsaturated/α-hetero) is 1. The van der Waals surface area contributed by atoms with Crippen LogP contribution >= 0.6 is 15.9 Å². The quantitative estimate of drug-likeness (QED) is 0.791. The summed E-state index contributed by atoms with van der Waals surface area (Å²) in [6.07, 6.45) is 2.06. The SMILES string of the molecule is O=C(CN1CCc2ccccc2CC1)c1cccc(Br)c1. The third kappa shape index (κ3) is 3.60. The van der Waals surface area contributed by atoms with Crippen LogP contribution in [0.3, 0.4) is 0 Å². The summed E-state index contributed by atoms with van der Waals surface area (Å²) in [5, 5.41) is 0. The molecule has 0 saturated heterocycles. The molecule has 3 heteroatoms. The maximum atomic E-state index is 12.4. The van der Waals surface area contributed by atoms with Crippen LogP contribution in [0.2, 0.25) is 0 Å². The van der Waals surface area contributed by atoms with E-state index in [-0.39, 0.29) is 5.78 Å². The van der Waals surface area contributed by atoms with Crippen LogP contribution in [0.1, 0.15) is 21.5 Å². The molecule has 2 aromatic rings. The van der Waals surface area contributed by atoms with E-state index in [0.717, 1.165) is 36.0 Å². The van der Waals surface area contributed by atoms with Crippen molar-refractivity contribution in [2.75, 3.05) is 19.6 Å². The Hall–Kier alpha value is -1.45. The van der Waals surface area contributed by atoms with Gasteiger partial charge in [0.1, 0.15) is 0 Å². The van der Waals surface area contributed by atoms with Crippen LogP contribution in [0.4, 0.5) is 0 Å². The second kappa shape index (κ2) is 6.54. The van der Waals surface area contributed by atoms with Gasteiger partial charge in [-0.1, -0.05) is 52.3 Å². The van der Waals surface area contributed by atoms with Crippen LogP contribution in [0.15, 0.2) is 53.0 Å². The predicted octanol–water partition coefficient (Wildman–Crippen LogP) is 3.73. The van der Waals surface area contributed by atoms with Crippen LogP contribution in [0.25, 0.3) is 0 Å². The number of hydrogen-bond donors (Lipinski definition) is 0. The summed E-state index contributed by atoms with van der Waals surface area (Å²) >= 11 is 3.42. The number of ketones is 1. The lowest BCUT2D eigenvalue weighted by Crippen LogP contribution is -2.32. The maximum Gasteiger partial charge on any atom is 0.176 e. The van der Waals surface area contributed by atoms with Crippen LogP contribution < -0.4 is 0 Å². The Labute approximate surface area is 133 Å². The maximum absolute atomic E-state index is 12.4. The zero-order valence-corrected chi connectivity index (χ0v) is 13.5. The molecule has 0 aromatic heterocycles. The molecule has 0 amide bonds. The van der Waals surface area contributed by atoms with E-state index >= 15 is 0 Å². The highest BCUT2D eigenvalue weighted by molar-refractivity contribution is 9.10. The molecule has 0 N–H and O–H groups in total. The lowest BCUT2D eigenvalue weighted by molar-refractivity contribution is 0.0933. The van der Waals surface area contributed by atoms with E-state index in [1.54, 1.807) is 0 Å². The van der Waals surface area contributed by atoms with Gasteiger partial charge in [-0.25, -0.2) is 0 Å². The van der Waals surface area contributed by atoms with Crippen molar-refractivity contribution in [1.29, 1.82) is 0 Å². The highest BCUT2D eigenvalue weighted by Crippen LogP contribution is 2.17. The molecule has 0 atom stereocenters. The molecular weight excluding hydrogens is 326 g/mol. The van der Waals surface area contributed by atoms with Crippen molar-refractivity contribution in [3.8, 4) is 0 Å². The standard InChI is InChI=1S/C18H18BrNO/c19-17-7-3-6-16(12-17)18(21)13-20-10-8-14-4-1-2-5-15(14)9-11-20/h1-7,12H,8-11,13H2. The van der Waals surface area contributed by atoms with Gasteiger partial charge in [-0.05, 0) is 36.1 Å². The summed E-state index contributed by atoms with van der Waals surface area (Å²) in [7, 11) is 0.